The lowest BCUT2D eigenvalue weighted by Crippen LogP contribution is -2.36. The van der Waals surface area contributed by atoms with Gasteiger partial charge in [0.05, 0.1) is 23.8 Å². The van der Waals surface area contributed by atoms with Crippen LogP contribution in [0.2, 0.25) is 0 Å². The third kappa shape index (κ3) is 3.69. The van der Waals surface area contributed by atoms with E-state index in [1.165, 1.54) is 31.2 Å². The minimum Gasteiger partial charge on any atom is -0.481 e. The summed E-state index contributed by atoms with van der Waals surface area (Å²) in [5, 5.41) is 5.34. The Morgan fingerprint density at radius 1 is 1.10 bits per heavy atom. The van der Waals surface area contributed by atoms with E-state index in [0.29, 0.717) is 35.4 Å². The summed E-state index contributed by atoms with van der Waals surface area (Å²) >= 11 is 0. The molecule has 0 radical (unpaired) electrons. The van der Waals surface area contributed by atoms with E-state index in [1.54, 1.807) is 25.4 Å². The molecule has 0 atom stereocenters. The Morgan fingerprint density at radius 2 is 1.90 bits per heavy atom. The van der Waals surface area contributed by atoms with Crippen LogP contribution in [0.15, 0.2) is 30.6 Å². The van der Waals surface area contributed by atoms with Crippen LogP contribution in [0.5, 0.6) is 5.88 Å². The summed E-state index contributed by atoms with van der Waals surface area (Å²) in [4.78, 5) is 26.0. The van der Waals surface area contributed by atoms with E-state index < -0.39 is 5.60 Å². The molecule has 3 aromatic heterocycles. The van der Waals surface area contributed by atoms with Gasteiger partial charge in [0.25, 0.3) is 0 Å². The van der Waals surface area contributed by atoms with Gasteiger partial charge < -0.3 is 14.8 Å². The fourth-order valence-electron chi connectivity index (χ4n) is 4.69. The first-order chi connectivity index (χ1) is 14.9. The molecule has 1 N–H and O–H groups in total. The third-order valence-corrected chi connectivity index (χ3v) is 6.17. The predicted octanol–water partition coefficient (Wildman–Crippen LogP) is 4.93. The molecule has 0 unspecified atom stereocenters. The summed E-state index contributed by atoms with van der Waals surface area (Å²) in [6.45, 7) is 3.79. The van der Waals surface area contributed by atoms with Crippen molar-refractivity contribution >= 4 is 28.4 Å². The van der Waals surface area contributed by atoms with Crippen molar-refractivity contribution in [2.45, 2.75) is 57.5 Å². The second-order valence-corrected chi connectivity index (χ2v) is 8.96. The Bertz CT molecular complexity index is 1170. The molecule has 5 rings (SSSR count). The third-order valence-electron chi connectivity index (χ3n) is 6.17. The maximum atomic E-state index is 12.2. The number of carbonyl (C=O) groups is 1. The van der Waals surface area contributed by atoms with Crippen LogP contribution in [0.3, 0.4) is 0 Å². The molecule has 1 aliphatic carbocycles. The van der Waals surface area contributed by atoms with Crippen molar-refractivity contribution in [3.63, 3.8) is 0 Å². The highest BCUT2D eigenvalue weighted by Crippen LogP contribution is 2.39. The number of nitrogens with one attached hydrogen (secondary N) is 1. The summed E-state index contributed by atoms with van der Waals surface area (Å²) in [5.41, 5.74) is 1.96. The van der Waals surface area contributed by atoms with Crippen LogP contribution in [0.1, 0.15) is 67.1 Å². The fraction of sp³-hybridized carbons (Fsp3) is 0.417. The number of ether oxygens (including phenoxy) is 2. The van der Waals surface area contributed by atoms with E-state index in [9.17, 15) is 4.79 Å². The molecule has 1 fully saturated rings. The number of esters is 1. The van der Waals surface area contributed by atoms with E-state index >= 15 is 0 Å². The van der Waals surface area contributed by atoms with Gasteiger partial charge in [-0.1, -0.05) is 12.8 Å². The van der Waals surface area contributed by atoms with E-state index in [0.717, 1.165) is 16.5 Å². The smallest absolute Gasteiger partial charge is 0.340 e. The SMILES string of the molecule is COc1ncc(C2CCCC2)c2cc(Nc3ccc4c(n3)CC(C)(C)OC4=O)ncc12. The number of hydrogen-bond acceptors (Lipinski definition) is 7. The van der Waals surface area contributed by atoms with Crippen molar-refractivity contribution in [2.75, 3.05) is 12.4 Å². The van der Waals surface area contributed by atoms with Gasteiger partial charge in [0, 0.05) is 18.8 Å². The van der Waals surface area contributed by atoms with Crippen molar-refractivity contribution in [1.82, 2.24) is 15.0 Å². The quantitative estimate of drug-likeness (QED) is 0.601. The van der Waals surface area contributed by atoms with Crippen molar-refractivity contribution in [3.05, 3.63) is 47.4 Å². The van der Waals surface area contributed by atoms with Gasteiger partial charge in [0.2, 0.25) is 5.88 Å². The molecule has 0 saturated heterocycles. The first-order valence-corrected chi connectivity index (χ1v) is 10.8. The highest BCUT2D eigenvalue weighted by atomic mass is 16.6. The topological polar surface area (TPSA) is 86.2 Å². The largest absolute Gasteiger partial charge is 0.481 e. The Balaban J connectivity index is 1.51. The number of anilines is 2. The van der Waals surface area contributed by atoms with Gasteiger partial charge in [-0.05, 0) is 61.8 Å². The maximum absolute atomic E-state index is 12.2. The van der Waals surface area contributed by atoms with Crippen LogP contribution < -0.4 is 10.1 Å². The number of fused-ring (bicyclic) bond motifs is 2. The monoisotopic (exact) mass is 418 g/mol. The standard InChI is InChI=1S/C24H26N4O3/c1-24(2)11-19-15(23(29)31-24)8-9-20(27-19)28-21-10-16-17(14-6-4-5-7-14)12-26-22(30-3)18(16)13-25-21/h8-10,12-14H,4-7,11H2,1-3H3,(H,25,27,28). The van der Waals surface area contributed by atoms with Crippen molar-refractivity contribution in [2.24, 2.45) is 0 Å². The molecule has 4 heterocycles. The minimum absolute atomic E-state index is 0.324. The second-order valence-electron chi connectivity index (χ2n) is 8.96. The molecular formula is C24H26N4O3. The molecule has 31 heavy (non-hydrogen) atoms. The number of methoxy groups -OCH3 is 1. The van der Waals surface area contributed by atoms with Crippen molar-refractivity contribution in [1.29, 1.82) is 0 Å². The van der Waals surface area contributed by atoms with E-state index in [2.05, 4.69) is 20.3 Å². The molecule has 1 aliphatic heterocycles. The van der Waals surface area contributed by atoms with Crippen LogP contribution in [0.4, 0.5) is 11.6 Å². The van der Waals surface area contributed by atoms with Gasteiger partial charge >= 0.3 is 5.97 Å². The van der Waals surface area contributed by atoms with Crippen LogP contribution in [-0.2, 0) is 11.2 Å². The Kier molecular flexibility index (Phi) is 4.76. The van der Waals surface area contributed by atoms with Crippen LogP contribution in [0, 0.1) is 0 Å². The summed E-state index contributed by atoms with van der Waals surface area (Å²) < 4.78 is 10.9. The number of nitrogens with zero attached hydrogens (tertiary/aromatic N) is 3. The minimum atomic E-state index is -0.559. The zero-order chi connectivity index (χ0) is 21.6. The molecule has 3 aromatic rings. The lowest BCUT2D eigenvalue weighted by atomic mass is 9.95. The normalized spacial score (nSPS) is 18.0. The lowest BCUT2D eigenvalue weighted by Gasteiger charge is -2.30. The van der Waals surface area contributed by atoms with Gasteiger partial charge in [0.15, 0.2) is 0 Å². The van der Waals surface area contributed by atoms with Crippen LogP contribution in [-0.4, -0.2) is 33.6 Å². The van der Waals surface area contributed by atoms with E-state index in [4.69, 9.17) is 9.47 Å². The number of carbonyl (C=O) groups excluding carboxylic acids is 1. The number of hydrogen-bond donors (Lipinski definition) is 1. The van der Waals surface area contributed by atoms with Gasteiger partial charge in [0.1, 0.15) is 17.2 Å². The van der Waals surface area contributed by atoms with Crippen molar-refractivity contribution in [3.8, 4) is 5.88 Å². The zero-order valence-corrected chi connectivity index (χ0v) is 18.1. The molecule has 0 amide bonds. The van der Waals surface area contributed by atoms with Crippen LogP contribution in [0.25, 0.3) is 10.8 Å². The molecule has 0 spiro atoms. The van der Waals surface area contributed by atoms with Crippen molar-refractivity contribution < 1.29 is 14.3 Å². The summed E-state index contributed by atoms with van der Waals surface area (Å²) in [6.07, 6.45) is 9.22. The molecule has 2 aliphatic rings. The molecular weight excluding hydrogens is 392 g/mol. The average molecular weight is 418 g/mol. The maximum Gasteiger partial charge on any atom is 0.340 e. The Morgan fingerprint density at radius 3 is 2.68 bits per heavy atom. The molecule has 160 valence electrons. The van der Waals surface area contributed by atoms with Gasteiger partial charge in [-0.2, -0.15) is 0 Å². The van der Waals surface area contributed by atoms with Crippen LogP contribution >= 0.6 is 0 Å². The Hall–Kier alpha value is -3.22. The summed E-state index contributed by atoms with van der Waals surface area (Å²) in [7, 11) is 1.63. The van der Waals surface area contributed by atoms with E-state index in [1.807, 2.05) is 26.1 Å². The van der Waals surface area contributed by atoms with E-state index in [-0.39, 0.29) is 5.97 Å². The van der Waals surface area contributed by atoms with Gasteiger partial charge in [-0.15, -0.1) is 0 Å². The summed E-state index contributed by atoms with van der Waals surface area (Å²) in [5.74, 6) is 2.13. The molecule has 0 aromatic carbocycles. The molecule has 0 bridgehead atoms. The number of rotatable bonds is 4. The first-order valence-electron chi connectivity index (χ1n) is 10.8. The number of cyclic esters (lactones) is 1. The lowest BCUT2D eigenvalue weighted by molar-refractivity contribution is -0.00714. The average Bonchev–Trinajstić information content (AvgIpc) is 3.26. The predicted molar refractivity (Wildman–Crippen MR) is 118 cm³/mol. The molecule has 7 nitrogen and oxygen atoms in total. The van der Waals surface area contributed by atoms with Gasteiger partial charge in [-0.25, -0.2) is 19.7 Å². The zero-order valence-electron chi connectivity index (χ0n) is 18.1. The summed E-state index contributed by atoms with van der Waals surface area (Å²) in [6, 6.07) is 5.60. The Labute approximate surface area is 181 Å². The highest BCUT2D eigenvalue weighted by molar-refractivity contribution is 5.93. The number of pyridine rings is 3. The number of aromatic nitrogens is 3. The molecule has 1 saturated carbocycles. The highest BCUT2D eigenvalue weighted by Gasteiger charge is 2.33. The fourth-order valence-corrected chi connectivity index (χ4v) is 4.69. The first kappa shape index (κ1) is 19.7. The second kappa shape index (κ2) is 7.48. The molecule has 7 heteroatoms. The van der Waals surface area contributed by atoms with Gasteiger partial charge in [-0.3, -0.25) is 0 Å².